The summed E-state index contributed by atoms with van der Waals surface area (Å²) in [6.07, 6.45) is 0. The Morgan fingerprint density at radius 2 is 1.74 bits per heavy atom. The predicted molar refractivity (Wildman–Crippen MR) is 86.3 cm³/mol. The summed E-state index contributed by atoms with van der Waals surface area (Å²) in [7, 11) is -3.65. The smallest absolute Gasteiger partial charge is 0.243 e. The van der Waals surface area contributed by atoms with Gasteiger partial charge in [-0.2, -0.15) is 4.31 Å². The maximum atomic E-state index is 13.3. The molecule has 0 atom stereocenters. The molecule has 1 aromatic carbocycles. The van der Waals surface area contributed by atoms with E-state index in [1.54, 1.807) is 0 Å². The first-order valence-corrected chi connectivity index (χ1v) is 8.85. The molecule has 23 heavy (non-hydrogen) atoms. The van der Waals surface area contributed by atoms with Gasteiger partial charge in [-0.25, -0.2) is 17.8 Å². The normalized spacial score (nSPS) is 16.5. The summed E-state index contributed by atoms with van der Waals surface area (Å²) in [5.74, 6) is 0.307. The van der Waals surface area contributed by atoms with E-state index in [-0.39, 0.29) is 4.90 Å². The molecule has 1 aliphatic rings. The highest BCUT2D eigenvalue weighted by molar-refractivity contribution is 7.89. The molecule has 1 saturated heterocycles. The van der Waals surface area contributed by atoms with E-state index in [1.807, 2.05) is 25.1 Å². The molecule has 2 aromatic rings. The summed E-state index contributed by atoms with van der Waals surface area (Å²) < 4.78 is 39.8. The number of benzene rings is 1. The van der Waals surface area contributed by atoms with E-state index in [0.717, 1.165) is 17.6 Å². The maximum Gasteiger partial charge on any atom is 0.243 e. The minimum atomic E-state index is -3.65. The number of aryl methyl sites for hydroxylation is 1. The fourth-order valence-electron chi connectivity index (χ4n) is 2.64. The van der Waals surface area contributed by atoms with E-state index in [9.17, 15) is 12.8 Å². The van der Waals surface area contributed by atoms with Crippen LogP contribution in [0.1, 0.15) is 5.69 Å². The summed E-state index contributed by atoms with van der Waals surface area (Å²) in [5, 5.41) is 0. The van der Waals surface area contributed by atoms with Crippen LogP contribution in [-0.4, -0.2) is 43.9 Å². The molecule has 0 radical (unpaired) electrons. The van der Waals surface area contributed by atoms with Crippen molar-refractivity contribution >= 4 is 15.8 Å². The largest absolute Gasteiger partial charge is 0.354 e. The molecule has 0 bridgehead atoms. The van der Waals surface area contributed by atoms with Gasteiger partial charge in [-0.05, 0) is 37.3 Å². The highest BCUT2D eigenvalue weighted by Crippen LogP contribution is 2.20. The maximum absolute atomic E-state index is 13.3. The Kier molecular flexibility index (Phi) is 4.32. The van der Waals surface area contributed by atoms with Crippen molar-refractivity contribution < 1.29 is 12.8 Å². The molecule has 1 aromatic heterocycles. The topological polar surface area (TPSA) is 53.5 Å². The number of nitrogens with zero attached hydrogens (tertiary/aromatic N) is 3. The lowest BCUT2D eigenvalue weighted by Crippen LogP contribution is -2.48. The number of aromatic nitrogens is 1. The predicted octanol–water partition coefficient (Wildman–Crippen LogP) is 2.04. The number of pyridine rings is 1. The van der Waals surface area contributed by atoms with E-state index in [1.165, 1.54) is 22.5 Å². The zero-order valence-corrected chi connectivity index (χ0v) is 13.6. The van der Waals surface area contributed by atoms with Crippen LogP contribution in [0.5, 0.6) is 0 Å². The Labute approximate surface area is 135 Å². The van der Waals surface area contributed by atoms with Crippen LogP contribution in [0.4, 0.5) is 10.2 Å². The van der Waals surface area contributed by atoms with Crippen LogP contribution in [0.25, 0.3) is 0 Å². The van der Waals surface area contributed by atoms with Gasteiger partial charge in [-0.15, -0.1) is 0 Å². The van der Waals surface area contributed by atoms with Crippen molar-refractivity contribution in [2.24, 2.45) is 0 Å². The number of hydrogen-bond donors (Lipinski definition) is 0. The SMILES string of the molecule is Cc1cccc(N2CCN(S(=O)(=O)c3cccc(F)c3)CC2)n1. The zero-order chi connectivity index (χ0) is 16.4. The Hall–Kier alpha value is -1.99. The molecule has 2 heterocycles. The number of piperazine rings is 1. The van der Waals surface area contributed by atoms with E-state index >= 15 is 0 Å². The Morgan fingerprint density at radius 1 is 1.04 bits per heavy atom. The minimum Gasteiger partial charge on any atom is -0.354 e. The molecule has 1 fully saturated rings. The second-order valence-corrected chi connectivity index (χ2v) is 7.42. The second kappa shape index (κ2) is 6.25. The van der Waals surface area contributed by atoms with Gasteiger partial charge in [0.15, 0.2) is 0 Å². The third-order valence-electron chi connectivity index (χ3n) is 3.87. The number of hydrogen-bond acceptors (Lipinski definition) is 4. The van der Waals surface area contributed by atoms with Gasteiger partial charge >= 0.3 is 0 Å². The van der Waals surface area contributed by atoms with Crippen LogP contribution in [-0.2, 0) is 10.0 Å². The molecule has 0 amide bonds. The van der Waals surface area contributed by atoms with Gasteiger partial charge in [0.25, 0.3) is 0 Å². The van der Waals surface area contributed by atoms with E-state index in [0.29, 0.717) is 26.2 Å². The summed E-state index contributed by atoms with van der Waals surface area (Å²) >= 11 is 0. The zero-order valence-electron chi connectivity index (χ0n) is 12.8. The van der Waals surface area contributed by atoms with Crippen LogP contribution < -0.4 is 4.90 Å². The number of sulfonamides is 1. The lowest BCUT2D eigenvalue weighted by atomic mass is 10.3. The lowest BCUT2D eigenvalue weighted by Gasteiger charge is -2.34. The van der Waals surface area contributed by atoms with Gasteiger partial charge in [-0.1, -0.05) is 12.1 Å². The fraction of sp³-hybridized carbons (Fsp3) is 0.312. The van der Waals surface area contributed by atoms with Gasteiger partial charge in [0, 0.05) is 31.9 Å². The van der Waals surface area contributed by atoms with Crippen molar-refractivity contribution in [3.8, 4) is 0 Å². The molecule has 1 aliphatic heterocycles. The third-order valence-corrected chi connectivity index (χ3v) is 5.76. The van der Waals surface area contributed by atoms with E-state index in [2.05, 4.69) is 9.88 Å². The van der Waals surface area contributed by atoms with Gasteiger partial charge in [-0.3, -0.25) is 0 Å². The van der Waals surface area contributed by atoms with Gasteiger partial charge in [0.1, 0.15) is 11.6 Å². The average molecular weight is 335 g/mol. The van der Waals surface area contributed by atoms with Crippen LogP contribution >= 0.6 is 0 Å². The molecule has 122 valence electrons. The van der Waals surface area contributed by atoms with Crippen LogP contribution in [0.15, 0.2) is 47.4 Å². The van der Waals surface area contributed by atoms with Crippen LogP contribution in [0, 0.1) is 12.7 Å². The Bertz CT molecular complexity index is 802. The minimum absolute atomic E-state index is 0.000342. The van der Waals surface area contributed by atoms with Gasteiger partial charge < -0.3 is 4.90 Å². The average Bonchev–Trinajstić information content (AvgIpc) is 2.55. The molecule has 0 unspecified atom stereocenters. The van der Waals surface area contributed by atoms with Crippen LogP contribution in [0.2, 0.25) is 0 Å². The summed E-state index contributed by atoms with van der Waals surface area (Å²) in [4.78, 5) is 6.52. The van der Waals surface area contributed by atoms with Crippen molar-refractivity contribution in [3.63, 3.8) is 0 Å². The van der Waals surface area contributed by atoms with Gasteiger partial charge in [0.05, 0.1) is 4.90 Å². The molecule has 3 rings (SSSR count). The van der Waals surface area contributed by atoms with Crippen LogP contribution in [0.3, 0.4) is 0 Å². The number of rotatable bonds is 3. The molecule has 0 spiro atoms. The highest BCUT2D eigenvalue weighted by Gasteiger charge is 2.29. The first-order valence-electron chi connectivity index (χ1n) is 7.41. The summed E-state index contributed by atoms with van der Waals surface area (Å²) in [6, 6.07) is 10.9. The molecule has 0 aliphatic carbocycles. The second-order valence-electron chi connectivity index (χ2n) is 5.49. The molecular weight excluding hydrogens is 317 g/mol. The van der Waals surface area contributed by atoms with Crippen molar-refractivity contribution in [2.45, 2.75) is 11.8 Å². The Balaban J connectivity index is 1.73. The lowest BCUT2D eigenvalue weighted by molar-refractivity contribution is 0.383. The molecule has 5 nitrogen and oxygen atoms in total. The van der Waals surface area contributed by atoms with Crippen molar-refractivity contribution in [3.05, 3.63) is 54.0 Å². The highest BCUT2D eigenvalue weighted by atomic mass is 32.2. The standard InChI is InChI=1S/C16H18FN3O2S/c1-13-4-2-7-16(18-13)19-8-10-20(11-9-19)23(21,22)15-6-3-5-14(17)12-15/h2-7,12H,8-11H2,1H3. The summed E-state index contributed by atoms with van der Waals surface area (Å²) in [6.45, 7) is 3.76. The third kappa shape index (κ3) is 3.35. The van der Waals surface area contributed by atoms with E-state index in [4.69, 9.17) is 0 Å². The molecule has 0 saturated carbocycles. The van der Waals surface area contributed by atoms with Gasteiger partial charge in [0.2, 0.25) is 10.0 Å². The monoisotopic (exact) mass is 335 g/mol. The first kappa shape index (κ1) is 15.9. The number of halogens is 1. The summed E-state index contributed by atoms with van der Waals surface area (Å²) in [5.41, 5.74) is 0.928. The molecule has 0 N–H and O–H groups in total. The fourth-order valence-corrected chi connectivity index (χ4v) is 4.09. The Morgan fingerprint density at radius 3 is 2.39 bits per heavy atom. The first-order chi connectivity index (χ1) is 11.0. The molecule has 7 heteroatoms. The van der Waals surface area contributed by atoms with Crippen molar-refractivity contribution in [1.82, 2.24) is 9.29 Å². The van der Waals surface area contributed by atoms with Crippen molar-refractivity contribution in [1.29, 1.82) is 0 Å². The van der Waals surface area contributed by atoms with E-state index < -0.39 is 15.8 Å². The van der Waals surface area contributed by atoms with Crippen molar-refractivity contribution in [2.75, 3.05) is 31.1 Å². The number of anilines is 1. The quantitative estimate of drug-likeness (QED) is 0.861. The molecular formula is C16H18FN3O2S.